The van der Waals surface area contributed by atoms with Gasteiger partial charge < -0.3 is 0 Å². The molecule has 57 heavy (non-hydrogen) atoms. The Hall–Kier alpha value is -2.51. The minimum atomic E-state index is -0.623. The number of fused-ring (bicyclic) bond motifs is 5. The Morgan fingerprint density at radius 2 is 1.14 bits per heavy atom. The van der Waals surface area contributed by atoms with E-state index in [1.54, 1.807) is 0 Å². The van der Waals surface area contributed by atoms with Gasteiger partial charge in [0.15, 0.2) is 0 Å². The van der Waals surface area contributed by atoms with Crippen molar-refractivity contribution in [2.45, 2.75) is 100 Å². The van der Waals surface area contributed by atoms with Crippen LogP contribution in [0.4, 0.5) is 0 Å². The third kappa shape index (κ3) is 10.8. The van der Waals surface area contributed by atoms with Crippen LogP contribution in [0.2, 0.25) is 10.0 Å². The molecule has 0 bridgehead atoms. The zero-order valence-electron chi connectivity index (χ0n) is 35.7. The minimum absolute atomic E-state index is 0. The van der Waals surface area contributed by atoms with E-state index in [0.717, 1.165) is 16.5 Å². The van der Waals surface area contributed by atoms with Crippen molar-refractivity contribution < 1.29 is 22.3 Å². The molecule has 5 aromatic rings. The molecule has 5 aromatic carbocycles. The van der Waals surface area contributed by atoms with Gasteiger partial charge in [0, 0.05) is 5.41 Å². The molecule has 0 aromatic heterocycles. The summed E-state index contributed by atoms with van der Waals surface area (Å²) in [4.78, 5) is 0. The molecule has 0 saturated heterocycles. The van der Waals surface area contributed by atoms with E-state index in [2.05, 4.69) is 169 Å². The molecular weight excluding hydrogens is 858 g/mol. The number of hydrogen-bond acceptors (Lipinski definition) is 0. The summed E-state index contributed by atoms with van der Waals surface area (Å²) in [6.45, 7) is 27.6. The van der Waals surface area contributed by atoms with Gasteiger partial charge in [-0.15, -0.1) is 36.4 Å². The molecule has 300 valence electrons. The number of benzene rings is 4. The Morgan fingerprint density at radius 3 is 1.56 bits per heavy atom. The summed E-state index contributed by atoms with van der Waals surface area (Å²) in [6.07, 6.45) is 7.41. The molecule has 0 atom stereocenters. The van der Waals surface area contributed by atoms with Gasteiger partial charge in [-0.25, -0.2) is 17.2 Å². The fraction of sp³-hybridized carbons (Fsp3) is 0.327. The van der Waals surface area contributed by atoms with Crippen molar-refractivity contribution >= 4 is 66.6 Å². The summed E-state index contributed by atoms with van der Waals surface area (Å²) in [6, 6.07) is 32.3. The van der Waals surface area contributed by atoms with Crippen LogP contribution < -0.4 is 0 Å². The van der Waals surface area contributed by atoms with Crippen LogP contribution in [0.3, 0.4) is 0 Å². The quantitative estimate of drug-likeness (QED) is 0.152. The van der Waals surface area contributed by atoms with Gasteiger partial charge in [-0.3, -0.25) is 6.08 Å². The van der Waals surface area contributed by atoms with Crippen LogP contribution in [-0.2, 0) is 39.5 Å². The van der Waals surface area contributed by atoms with Gasteiger partial charge in [-0.05, 0) is 62.3 Å². The number of rotatable bonds is 2. The molecular formula is C52H58Cl4Zr-2. The fourth-order valence-corrected chi connectivity index (χ4v) is 10.4. The molecule has 0 heterocycles. The molecule has 0 unspecified atom stereocenters. The number of allylic oxidation sites excluding steroid dienone is 4. The second-order valence-corrected chi connectivity index (χ2v) is 21.8. The normalized spacial score (nSPS) is 14.9. The van der Waals surface area contributed by atoms with Crippen LogP contribution in [0.1, 0.15) is 125 Å². The van der Waals surface area contributed by atoms with Gasteiger partial charge in [0.1, 0.15) is 0 Å². The van der Waals surface area contributed by atoms with E-state index in [9.17, 15) is 0 Å². The molecule has 0 aliphatic heterocycles. The van der Waals surface area contributed by atoms with E-state index in [1.165, 1.54) is 77.9 Å². The zero-order chi connectivity index (χ0) is 40.1. The maximum atomic E-state index is 5.84. The molecule has 0 spiro atoms. The first-order chi connectivity index (χ1) is 25.6. The summed E-state index contributed by atoms with van der Waals surface area (Å²) in [7, 11) is 0. The third-order valence-corrected chi connectivity index (χ3v) is 13.9. The standard InChI is InChI=1S/C31H37.2C7H5Cl.C7H9.2ClH.Zr/c1-28(2,3)26-16-30(7,8)24-12-18-11-19-13-25-23(15-21(19)20(18)14-22(24)26)27(29(4,5)6)17-31(25,9)10;2*1-6-2-4-7(8)5-3-6;1-6-3-4-7(2)5-6;;;/h12-16H,11H2,1-10H3;2*1-5H;3-5H,1-2H3;2*1H;/q-1;;;-1;;;. The van der Waals surface area contributed by atoms with Gasteiger partial charge in [-0.2, -0.15) is 23.3 Å². The van der Waals surface area contributed by atoms with Crippen molar-refractivity contribution in [2.75, 3.05) is 0 Å². The Labute approximate surface area is 376 Å². The van der Waals surface area contributed by atoms with Crippen LogP contribution in [0.25, 0.3) is 22.3 Å². The van der Waals surface area contributed by atoms with E-state index in [1.807, 2.05) is 24.3 Å². The Balaban J connectivity index is 0.000000232. The summed E-state index contributed by atoms with van der Waals surface area (Å²) < 4.78 is 4.66. The molecule has 5 heteroatoms. The Kier molecular flexibility index (Phi) is 14.9. The number of aryl methyl sites for hydroxylation is 2. The molecule has 0 N–H and O–H groups in total. The molecule has 3 aliphatic carbocycles. The molecule has 0 saturated carbocycles. The first kappa shape index (κ1) is 47.2. The first-order valence-electron chi connectivity index (χ1n) is 19.5. The van der Waals surface area contributed by atoms with Crippen LogP contribution in [-0.4, -0.2) is 7.42 Å². The summed E-state index contributed by atoms with van der Waals surface area (Å²) in [5, 5.41) is 1.57. The summed E-state index contributed by atoms with van der Waals surface area (Å²) in [5.74, 6) is 0. The monoisotopic (exact) mass is 912 g/mol. The second-order valence-electron chi connectivity index (χ2n) is 18.7. The van der Waals surface area contributed by atoms with Gasteiger partial charge in [0.05, 0.1) is 0 Å². The SMILES string of the molecule is CC(C)(C)C1=[C-]C(C)(C)c2cc3c(cc21)-c1cc2c(cc1C3)C(C)(C)C=C2C(C)(C)C.Cc1c[cH-]c(C)c1.Cl.Cl.Clc1ccc([CH]=[Zr]=[CH]c2ccc(Cl)cc2)cc1. The Morgan fingerprint density at radius 1 is 0.649 bits per heavy atom. The van der Waals surface area contributed by atoms with E-state index in [-0.39, 0.29) is 46.5 Å². The molecule has 0 radical (unpaired) electrons. The van der Waals surface area contributed by atoms with Gasteiger partial charge in [0.25, 0.3) is 0 Å². The fourth-order valence-electron chi connectivity index (χ4n) is 8.01. The van der Waals surface area contributed by atoms with E-state index in [0.29, 0.717) is 0 Å². The average Bonchev–Trinajstić information content (AvgIpc) is 3.81. The molecule has 8 rings (SSSR count). The van der Waals surface area contributed by atoms with Crippen molar-refractivity contribution in [2.24, 2.45) is 10.8 Å². The predicted octanol–water partition coefficient (Wildman–Crippen LogP) is 15.4. The molecule has 0 nitrogen and oxygen atoms in total. The maximum absolute atomic E-state index is 5.84. The summed E-state index contributed by atoms with van der Waals surface area (Å²) in [5.41, 5.74) is 20.1. The van der Waals surface area contributed by atoms with Crippen LogP contribution in [0.15, 0.2) is 97.1 Å². The van der Waals surface area contributed by atoms with Crippen LogP contribution >= 0.6 is 48.0 Å². The Bertz CT molecular complexity index is 2200. The topological polar surface area (TPSA) is 0 Å². The van der Waals surface area contributed by atoms with Gasteiger partial charge in [0.2, 0.25) is 0 Å². The van der Waals surface area contributed by atoms with Gasteiger partial charge >= 0.3 is 123 Å². The molecule has 0 amide bonds. The van der Waals surface area contributed by atoms with E-state index in [4.69, 9.17) is 23.2 Å². The van der Waals surface area contributed by atoms with Crippen LogP contribution in [0.5, 0.6) is 0 Å². The van der Waals surface area contributed by atoms with Crippen molar-refractivity contribution in [1.29, 1.82) is 0 Å². The summed E-state index contributed by atoms with van der Waals surface area (Å²) >= 11 is 11.0. The average molecular weight is 916 g/mol. The van der Waals surface area contributed by atoms with E-state index < -0.39 is 22.3 Å². The van der Waals surface area contributed by atoms with Crippen molar-refractivity contribution in [1.82, 2.24) is 0 Å². The predicted molar refractivity (Wildman–Crippen MR) is 254 cm³/mol. The van der Waals surface area contributed by atoms with Crippen molar-refractivity contribution in [3.05, 3.63) is 169 Å². The van der Waals surface area contributed by atoms with Crippen molar-refractivity contribution in [3.8, 4) is 11.1 Å². The van der Waals surface area contributed by atoms with E-state index >= 15 is 0 Å². The molecule has 3 aliphatic rings. The number of hydrogen-bond donors (Lipinski definition) is 0. The van der Waals surface area contributed by atoms with Crippen LogP contribution in [0, 0.1) is 30.8 Å². The van der Waals surface area contributed by atoms with Gasteiger partial charge in [-0.1, -0.05) is 107 Å². The van der Waals surface area contributed by atoms with Crippen molar-refractivity contribution in [3.63, 3.8) is 0 Å². The second kappa shape index (κ2) is 18.0. The zero-order valence-corrected chi connectivity index (χ0v) is 41.3. The third-order valence-electron chi connectivity index (χ3n) is 10.9. The molecule has 0 fully saturated rings. The number of halogens is 4. The first-order valence-corrected chi connectivity index (χ1v) is 23.1.